The fourth-order valence-corrected chi connectivity index (χ4v) is 3.67. The van der Waals surface area contributed by atoms with E-state index in [2.05, 4.69) is 44.0 Å². The fourth-order valence-electron chi connectivity index (χ4n) is 1.97. The lowest BCUT2D eigenvalue weighted by molar-refractivity contribution is 0.302. The molecular weight excluding hydrogens is 417 g/mol. The molecule has 0 saturated carbocycles. The zero-order valence-corrected chi connectivity index (χ0v) is 15.3. The number of ether oxygens (including phenoxy) is 1. The minimum Gasteiger partial charge on any atom is -0.486 e. The average molecular weight is 434 g/mol. The van der Waals surface area contributed by atoms with E-state index in [0.717, 1.165) is 33.1 Å². The fraction of sp³-hybridized carbons (Fsp3) is 0.250. The maximum atomic E-state index is 6.14. The lowest BCUT2D eigenvalue weighted by Gasteiger charge is -2.13. The molecule has 0 aliphatic heterocycles. The van der Waals surface area contributed by atoms with Crippen LogP contribution in [0.5, 0.6) is 5.75 Å². The molecule has 0 aromatic heterocycles. The summed E-state index contributed by atoms with van der Waals surface area (Å²) in [6, 6.07) is 11.8. The second-order valence-corrected chi connectivity index (χ2v) is 6.78. The Labute approximate surface area is 146 Å². The van der Waals surface area contributed by atoms with Gasteiger partial charge in [0.25, 0.3) is 0 Å². The zero-order chi connectivity index (χ0) is 15.2. The molecule has 21 heavy (non-hydrogen) atoms. The summed E-state index contributed by atoms with van der Waals surface area (Å²) >= 11 is 13.3. The van der Waals surface area contributed by atoms with Gasteiger partial charge in [-0.1, -0.05) is 29.8 Å². The van der Waals surface area contributed by atoms with Crippen LogP contribution in [0.3, 0.4) is 0 Å². The van der Waals surface area contributed by atoms with Crippen molar-refractivity contribution in [3.8, 4) is 5.75 Å². The Bertz CT molecular complexity index is 596. The van der Waals surface area contributed by atoms with Crippen LogP contribution in [0.4, 0.5) is 0 Å². The molecule has 112 valence electrons. The van der Waals surface area contributed by atoms with Crippen LogP contribution in [0.1, 0.15) is 17.5 Å². The van der Waals surface area contributed by atoms with Crippen LogP contribution in [0.15, 0.2) is 45.3 Å². The van der Waals surface area contributed by atoms with Gasteiger partial charge in [0, 0.05) is 10.6 Å². The van der Waals surface area contributed by atoms with Crippen LogP contribution in [-0.2, 0) is 13.0 Å². The second kappa shape index (κ2) is 8.18. The monoisotopic (exact) mass is 431 g/mol. The topological polar surface area (TPSA) is 35.2 Å². The van der Waals surface area contributed by atoms with Crippen molar-refractivity contribution in [1.29, 1.82) is 0 Å². The summed E-state index contributed by atoms with van der Waals surface area (Å²) in [5, 5.41) is 0.712. The Morgan fingerprint density at radius 1 is 1.10 bits per heavy atom. The maximum Gasteiger partial charge on any atom is 0.148 e. The number of benzene rings is 2. The van der Waals surface area contributed by atoms with Crippen molar-refractivity contribution in [3.63, 3.8) is 0 Å². The molecule has 0 saturated heterocycles. The van der Waals surface area contributed by atoms with Gasteiger partial charge in [-0.3, -0.25) is 0 Å². The van der Waals surface area contributed by atoms with Crippen LogP contribution in [0.25, 0.3) is 0 Å². The van der Waals surface area contributed by atoms with E-state index in [1.165, 1.54) is 5.56 Å². The zero-order valence-electron chi connectivity index (χ0n) is 11.4. The van der Waals surface area contributed by atoms with Crippen LogP contribution < -0.4 is 10.5 Å². The first-order valence-corrected chi connectivity index (χ1v) is 8.62. The molecule has 5 heteroatoms. The predicted octanol–water partition coefficient (Wildman–Crippen LogP) is 5.34. The molecule has 2 aromatic rings. The molecule has 0 unspecified atom stereocenters. The van der Waals surface area contributed by atoms with Crippen LogP contribution >= 0.6 is 43.5 Å². The highest BCUT2D eigenvalue weighted by atomic mass is 79.9. The molecule has 0 spiro atoms. The third-order valence-corrected chi connectivity index (χ3v) is 4.60. The molecule has 2 rings (SSSR count). The molecule has 2 aromatic carbocycles. The molecule has 0 heterocycles. The third kappa shape index (κ3) is 4.71. The quantitative estimate of drug-likeness (QED) is 0.668. The number of hydrogen-bond donors (Lipinski definition) is 1. The summed E-state index contributed by atoms with van der Waals surface area (Å²) in [5.41, 5.74) is 7.74. The Balaban J connectivity index is 2.12. The third-order valence-electron chi connectivity index (χ3n) is 3.06. The summed E-state index contributed by atoms with van der Waals surface area (Å²) in [5.74, 6) is 0.784. The number of hydrogen-bond acceptors (Lipinski definition) is 2. The van der Waals surface area contributed by atoms with Gasteiger partial charge in [-0.25, -0.2) is 0 Å². The highest BCUT2D eigenvalue weighted by Crippen LogP contribution is 2.36. The smallest absolute Gasteiger partial charge is 0.148 e. The number of rotatable bonds is 6. The first-order chi connectivity index (χ1) is 10.1. The summed E-state index contributed by atoms with van der Waals surface area (Å²) < 4.78 is 7.74. The SMILES string of the molecule is NCCCc1cc(Br)c(OCc2ccccc2Cl)c(Br)c1. The molecular formula is C16H16Br2ClNO. The van der Waals surface area contributed by atoms with Crippen LogP contribution in [-0.4, -0.2) is 6.54 Å². The standard InChI is InChI=1S/C16H16Br2ClNO/c17-13-8-11(4-3-7-20)9-14(18)16(13)21-10-12-5-1-2-6-15(12)19/h1-2,5-6,8-9H,3-4,7,10,20H2. The van der Waals surface area contributed by atoms with Crippen molar-refractivity contribution in [2.45, 2.75) is 19.4 Å². The van der Waals surface area contributed by atoms with Gasteiger partial charge in [0.15, 0.2) is 0 Å². The number of nitrogens with two attached hydrogens (primary N) is 1. The normalized spacial score (nSPS) is 10.7. The van der Waals surface area contributed by atoms with E-state index >= 15 is 0 Å². The van der Waals surface area contributed by atoms with Gasteiger partial charge >= 0.3 is 0 Å². The molecule has 0 bridgehead atoms. The van der Waals surface area contributed by atoms with Crippen molar-refractivity contribution >= 4 is 43.5 Å². The van der Waals surface area contributed by atoms with E-state index in [1.54, 1.807) is 0 Å². The molecule has 0 atom stereocenters. The average Bonchev–Trinajstić information content (AvgIpc) is 2.46. The van der Waals surface area contributed by atoms with Gasteiger partial charge in [0.2, 0.25) is 0 Å². The first-order valence-electron chi connectivity index (χ1n) is 6.66. The predicted molar refractivity (Wildman–Crippen MR) is 95.0 cm³/mol. The van der Waals surface area contributed by atoms with Gasteiger partial charge in [-0.15, -0.1) is 0 Å². The van der Waals surface area contributed by atoms with Gasteiger partial charge in [-0.05, 0) is 75.0 Å². The van der Waals surface area contributed by atoms with Gasteiger partial charge < -0.3 is 10.5 Å². The van der Waals surface area contributed by atoms with E-state index in [0.29, 0.717) is 18.2 Å². The second-order valence-electron chi connectivity index (χ2n) is 4.66. The Morgan fingerprint density at radius 2 is 1.76 bits per heavy atom. The van der Waals surface area contributed by atoms with Crippen molar-refractivity contribution in [3.05, 3.63) is 61.5 Å². The highest BCUT2D eigenvalue weighted by molar-refractivity contribution is 9.11. The summed E-state index contributed by atoms with van der Waals surface area (Å²) in [7, 11) is 0. The van der Waals surface area contributed by atoms with Crippen molar-refractivity contribution in [1.82, 2.24) is 0 Å². The lowest BCUT2D eigenvalue weighted by Crippen LogP contribution is -2.01. The van der Waals surface area contributed by atoms with E-state index < -0.39 is 0 Å². The van der Waals surface area contributed by atoms with Gasteiger partial charge in [0.05, 0.1) is 8.95 Å². The van der Waals surface area contributed by atoms with E-state index in [4.69, 9.17) is 22.1 Å². The minimum absolute atomic E-state index is 0.430. The largest absolute Gasteiger partial charge is 0.486 e. The minimum atomic E-state index is 0.430. The highest BCUT2D eigenvalue weighted by Gasteiger charge is 2.10. The van der Waals surface area contributed by atoms with Crippen LogP contribution in [0.2, 0.25) is 5.02 Å². The Kier molecular flexibility index (Phi) is 6.55. The van der Waals surface area contributed by atoms with E-state index in [9.17, 15) is 0 Å². The lowest BCUT2D eigenvalue weighted by atomic mass is 10.1. The van der Waals surface area contributed by atoms with E-state index in [-0.39, 0.29) is 0 Å². The van der Waals surface area contributed by atoms with Crippen molar-refractivity contribution in [2.75, 3.05) is 6.54 Å². The maximum absolute atomic E-state index is 6.14. The Hall–Kier alpha value is -0.550. The molecule has 0 amide bonds. The molecule has 0 radical (unpaired) electrons. The molecule has 0 aliphatic carbocycles. The molecule has 2 N–H and O–H groups in total. The first kappa shape index (κ1) is 16.8. The van der Waals surface area contributed by atoms with Crippen molar-refractivity contribution < 1.29 is 4.74 Å². The van der Waals surface area contributed by atoms with Gasteiger partial charge in [-0.2, -0.15) is 0 Å². The molecule has 0 fully saturated rings. The summed E-state index contributed by atoms with van der Waals surface area (Å²) in [6.45, 7) is 1.12. The molecule has 2 nitrogen and oxygen atoms in total. The van der Waals surface area contributed by atoms with Crippen molar-refractivity contribution in [2.24, 2.45) is 5.73 Å². The van der Waals surface area contributed by atoms with Crippen LogP contribution in [0, 0.1) is 0 Å². The number of halogens is 3. The molecule has 0 aliphatic rings. The van der Waals surface area contributed by atoms with E-state index in [1.807, 2.05) is 24.3 Å². The summed E-state index contributed by atoms with van der Waals surface area (Å²) in [4.78, 5) is 0. The van der Waals surface area contributed by atoms with Gasteiger partial charge in [0.1, 0.15) is 12.4 Å². The Morgan fingerprint density at radius 3 is 2.38 bits per heavy atom. The number of aryl methyl sites for hydroxylation is 1. The summed E-state index contributed by atoms with van der Waals surface area (Å²) in [6.07, 6.45) is 1.93.